The molecule has 0 aliphatic heterocycles. The van der Waals surface area contributed by atoms with Crippen LogP contribution in [0.3, 0.4) is 0 Å². The lowest BCUT2D eigenvalue weighted by atomic mass is 10.1. The van der Waals surface area contributed by atoms with Gasteiger partial charge < -0.3 is 19.2 Å². The molecule has 8 heteroatoms. The number of pyridine rings is 1. The first-order valence-corrected chi connectivity index (χ1v) is 10.2. The summed E-state index contributed by atoms with van der Waals surface area (Å²) in [5.41, 5.74) is 4.11. The number of benzene rings is 2. The van der Waals surface area contributed by atoms with Crippen LogP contribution in [0, 0.1) is 6.92 Å². The Bertz CT molecular complexity index is 1270. The Morgan fingerprint density at radius 1 is 1.13 bits per heavy atom. The first-order chi connectivity index (χ1) is 14.9. The molecule has 2 aromatic heterocycles. The van der Waals surface area contributed by atoms with Gasteiger partial charge in [0.05, 0.1) is 23.5 Å². The van der Waals surface area contributed by atoms with E-state index in [0.717, 1.165) is 22.5 Å². The number of rotatable bonds is 6. The smallest absolute Gasteiger partial charge is 0.262 e. The Morgan fingerprint density at radius 3 is 2.68 bits per heavy atom. The molecule has 4 aromatic rings. The first kappa shape index (κ1) is 21.0. The fraction of sp³-hybridized carbons (Fsp3) is 0.130. The van der Waals surface area contributed by atoms with Crippen molar-refractivity contribution in [3.63, 3.8) is 0 Å². The van der Waals surface area contributed by atoms with Gasteiger partial charge in [0.1, 0.15) is 17.1 Å². The number of amides is 1. The van der Waals surface area contributed by atoms with Crippen LogP contribution in [0.2, 0.25) is 10.0 Å². The van der Waals surface area contributed by atoms with Crippen LogP contribution in [0.25, 0.3) is 16.9 Å². The lowest BCUT2D eigenvalue weighted by molar-refractivity contribution is -0.118. The second-order valence-electron chi connectivity index (χ2n) is 6.87. The largest absolute Gasteiger partial charge is 0.495 e. The standard InChI is InChI=1S/C23H19Cl2N3O3/c1-14-4-3-9-28-12-19(27-23(14)28)15-5-7-21(30-2)18(10-15)26-22(29)13-31-20-8-6-16(24)11-17(20)25/h3-12H,13H2,1-2H3,(H,26,29). The molecule has 0 unspecified atom stereocenters. The van der Waals surface area contributed by atoms with E-state index < -0.39 is 0 Å². The molecule has 1 N–H and O–H groups in total. The van der Waals surface area contributed by atoms with Crippen LogP contribution in [-0.4, -0.2) is 29.0 Å². The van der Waals surface area contributed by atoms with Crippen LogP contribution in [0.1, 0.15) is 5.56 Å². The van der Waals surface area contributed by atoms with E-state index in [1.165, 1.54) is 0 Å². The van der Waals surface area contributed by atoms with Crippen LogP contribution in [0.5, 0.6) is 11.5 Å². The SMILES string of the molecule is COc1ccc(-c2cn3cccc(C)c3n2)cc1NC(=O)COc1ccc(Cl)cc1Cl. The zero-order valence-corrected chi connectivity index (χ0v) is 18.4. The zero-order valence-electron chi connectivity index (χ0n) is 16.9. The molecular formula is C23H19Cl2N3O3. The van der Waals surface area contributed by atoms with Crippen LogP contribution in [0.15, 0.2) is 60.9 Å². The number of aromatic nitrogens is 2. The number of ether oxygens (including phenoxy) is 2. The summed E-state index contributed by atoms with van der Waals surface area (Å²) in [6, 6.07) is 14.3. The van der Waals surface area contributed by atoms with Gasteiger partial charge in [-0.25, -0.2) is 4.98 Å². The average molecular weight is 456 g/mol. The maximum Gasteiger partial charge on any atom is 0.262 e. The van der Waals surface area contributed by atoms with Crippen molar-refractivity contribution in [3.8, 4) is 22.8 Å². The molecule has 0 saturated heterocycles. The monoisotopic (exact) mass is 455 g/mol. The summed E-state index contributed by atoms with van der Waals surface area (Å²) in [4.78, 5) is 17.2. The molecule has 6 nitrogen and oxygen atoms in total. The van der Waals surface area contributed by atoms with Crippen LogP contribution in [-0.2, 0) is 4.79 Å². The van der Waals surface area contributed by atoms with Gasteiger partial charge in [-0.05, 0) is 55.0 Å². The molecule has 2 heterocycles. The molecule has 158 valence electrons. The minimum atomic E-state index is -0.354. The van der Waals surface area contributed by atoms with Crippen molar-refractivity contribution in [1.82, 2.24) is 9.38 Å². The summed E-state index contributed by atoms with van der Waals surface area (Å²) in [6.07, 6.45) is 3.89. The molecule has 0 aliphatic carbocycles. The Kier molecular flexibility index (Phi) is 6.02. The van der Waals surface area contributed by atoms with Crippen LogP contribution in [0.4, 0.5) is 5.69 Å². The van der Waals surface area contributed by atoms with E-state index >= 15 is 0 Å². The average Bonchev–Trinajstić information content (AvgIpc) is 3.19. The third-order valence-corrected chi connectivity index (χ3v) is 5.23. The number of imidazole rings is 1. The van der Waals surface area contributed by atoms with Gasteiger partial charge in [-0.2, -0.15) is 0 Å². The maximum absolute atomic E-state index is 12.5. The van der Waals surface area contributed by atoms with Crippen molar-refractivity contribution in [2.45, 2.75) is 6.92 Å². The molecular weight excluding hydrogens is 437 g/mol. The Balaban J connectivity index is 1.54. The number of methoxy groups -OCH3 is 1. The lowest BCUT2D eigenvalue weighted by Crippen LogP contribution is -2.20. The van der Waals surface area contributed by atoms with Crippen LogP contribution < -0.4 is 14.8 Å². The van der Waals surface area contributed by atoms with Gasteiger partial charge in [-0.15, -0.1) is 0 Å². The first-order valence-electron chi connectivity index (χ1n) is 9.45. The number of nitrogens with zero attached hydrogens (tertiary/aromatic N) is 2. The minimum Gasteiger partial charge on any atom is -0.495 e. The molecule has 1 amide bonds. The molecule has 4 rings (SSSR count). The van der Waals surface area contributed by atoms with Gasteiger partial charge in [-0.3, -0.25) is 4.79 Å². The number of nitrogens with one attached hydrogen (secondary N) is 1. The van der Waals surface area contributed by atoms with Crippen molar-refractivity contribution in [2.24, 2.45) is 0 Å². The number of halogens is 2. The van der Waals surface area contributed by atoms with Crippen molar-refractivity contribution in [2.75, 3.05) is 19.0 Å². The highest BCUT2D eigenvalue weighted by molar-refractivity contribution is 6.35. The van der Waals surface area contributed by atoms with Gasteiger partial charge in [0, 0.05) is 23.0 Å². The number of fused-ring (bicyclic) bond motifs is 1. The van der Waals surface area contributed by atoms with Crippen molar-refractivity contribution < 1.29 is 14.3 Å². The molecule has 0 radical (unpaired) electrons. The number of aryl methyl sites for hydroxylation is 1. The Morgan fingerprint density at radius 2 is 1.94 bits per heavy atom. The highest BCUT2D eigenvalue weighted by atomic mass is 35.5. The van der Waals surface area contributed by atoms with Gasteiger partial charge in [-0.1, -0.05) is 29.3 Å². The van der Waals surface area contributed by atoms with Gasteiger partial charge >= 0.3 is 0 Å². The predicted molar refractivity (Wildman–Crippen MR) is 123 cm³/mol. The molecule has 2 aromatic carbocycles. The lowest BCUT2D eigenvalue weighted by Gasteiger charge is -2.12. The second kappa shape index (κ2) is 8.88. The molecule has 0 atom stereocenters. The number of carbonyl (C=O) groups excluding carboxylic acids is 1. The number of anilines is 1. The van der Waals surface area contributed by atoms with E-state index in [0.29, 0.717) is 27.2 Å². The van der Waals surface area contributed by atoms with Crippen molar-refractivity contribution in [1.29, 1.82) is 0 Å². The van der Waals surface area contributed by atoms with E-state index in [1.54, 1.807) is 31.4 Å². The zero-order chi connectivity index (χ0) is 22.0. The highest BCUT2D eigenvalue weighted by Crippen LogP contribution is 2.31. The third kappa shape index (κ3) is 4.60. The van der Waals surface area contributed by atoms with E-state index in [1.807, 2.05) is 48.0 Å². The summed E-state index contributed by atoms with van der Waals surface area (Å²) < 4.78 is 12.9. The van der Waals surface area contributed by atoms with Crippen molar-refractivity contribution in [3.05, 3.63) is 76.5 Å². The summed E-state index contributed by atoms with van der Waals surface area (Å²) in [5.74, 6) is 0.552. The Hall–Kier alpha value is -3.22. The predicted octanol–water partition coefficient (Wildman–Crippen LogP) is 5.64. The minimum absolute atomic E-state index is 0.220. The maximum atomic E-state index is 12.5. The van der Waals surface area contributed by atoms with E-state index in [4.69, 9.17) is 37.7 Å². The van der Waals surface area contributed by atoms with Gasteiger partial charge in [0.15, 0.2) is 6.61 Å². The quantitative estimate of drug-likeness (QED) is 0.408. The van der Waals surface area contributed by atoms with E-state index in [-0.39, 0.29) is 12.5 Å². The molecule has 0 bridgehead atoms. The third-order valence-electron chi connectivity index (χ3n) is 4.70. The van der Waals surface area contributed by atoms with Gasteiger partial charge in [0.2, 0.25) is 0 Å². The number of hydrogen-bond donors (Lipinski definition) is 1. The summed E-state index contributed by atoms with van der Waals surface area (Å²) in [5, 5.41) is 3.65. The molecule has 0 spiro atoms. The molecule has 0 aliphatic rings. The summed E-state index contributed by atoms with van der Waals surface area (Å²) in [7, 11) is 1.54. The normalized spacial score (nSPS) is 10.8. The van der Waals surface area contributed by atoms with E-state index in [2.05, 4.69) is 5.32 Å². The fourth-order valence-electron chi connectivity index (χ4n) is 3.18. The number of hydrogen-bond acceptors (Lipinski definition) is 4. The number of carbonyl (C=O) groups is 1. The fourth-order valence-corrected chi connectivity index (χ4v) is 3.64. The topological polar surface area (TPSA) is 64.9 Å². The molecule has 31 heavy (non-hydrogen) atoms. The molecule has 0 saturated carbocycles. The van der Waals surface area contributed by atoms with Gasteiger partial charge in [0.25, 0.3) is 5.91 Å². The highest BCUT2D eigenvalue weighted by Gasteiger charge is 2.13. The summed E-state index contributed by atoms with van der Waals surface area (Å²) in [6.45, 7) is 1.79. The van der Waals surface area contributed by atoms with Crippen molar-refractivity contribution >= 4 is 40.4 Å². The molecule has 0 fully saturated rings. The Labute approximate surface area is 189 Å². The second-order valence-corrected chi connectivity index (χ2v) is 7.72. The van der Waals surface area contributed by atoms with E-state index in [9.17, 15) is 4.79 Å². The summed E-state index contributed by atoms with van der Waals surface area (Å²) >= 11 is 12.0. The van der Waals surface area contributed by atoms with Crippen LogP contribution >= 0.6 is 23.2 Å².